The average Bonchev–Trinajstić information content (AvgIpc) is 3.44. The van der Waals surface area contributed by atoms with E-state index in [4.69, 9.17) is 9.47 Å². The SMILES string of the molecule is COc1cc2c(Nc3cc(CC(=O)Nc4cccc(F)c4)[nH]n3)ncnc2cc1OCCCN1CCC(C(C(C)(C)C)C(C)(C)C)CC1. The van der Waals surface area contributed by atoms with Gasteiger partial charge in [0.25, 0.3) is 0 Å². The summed E-state index contributed by atoms with van der Waals surface area (Å²) >= 11 is 0. The van der Waals surface area contributed by atoms with Crippen LogP contribution < -0.4 is 20.1 Å². The Kier molecular flexibility index (Phi) is 10.9. The molecule has 2 aromatic carbocycles. The van der Waals surface area contributed by atoms with Gasteiger partial charge in [-0.25, -0.2) is 14.4 Å². The average molecular weight is 660 g/mol. The van der Waals surface area contributed by atoms with Gasteiger partial charge in [0.1, 0.15) is 18.0 Å². The summed E-state index contributed by atoms with van der Waals surface area (Å²) in [6, 6.07) is 11.2. The molecule has 10 nitrogen and oxygen atoms in total. The van der Waals surface area contributed by atoms with Gasteiger partial charge in [-0.2, -0.15) is 5.10 Å². The Hall–Kier alpha value is -4.25. The number of likely N-dealkylation sites (tertiary alicyclic amines) is 1. The number of aromatic amines is 1. The fourth-order valence-corrected chi connectivity index (χ4v) is 7.71. The highest BCUT2D eigenvalue weighted by Gasteiger charge is 2.41. The molecule has 3 heterocycles. The highest BCUT2D eigenvalue weighted by atomic mass is 19.1. The predicted octanol–water partition coefficient (Wildman–Crippen LogP) is 7.61. The van der Waals surface area contributed by atoms with Crippen LogP contribution in [0.2, 0.25) is 0 Å². The highest BCUT2D eigenvalue weighted by Crippen LogP contribution is 2.47. The number of hydrogen-bond acceptors (Lipinski definition) is 8. The number of benzene rings is 2. The van der Waals surface area contributed by atoms with E-state index in [2.05, 4.69) is 77.2 Å². The number of H-pyrrole nitrogens is 1. The second kappa shape index (κ2) is 14.9. The van der Waals surface area contributed by atoms with Gasteiger partial charge in [0, 0.05) is 35.4 Å². The Morgan fingerprint density at radius 3 is 2.48 bits per heavy atom. The Balaban J connectivity index is 1.14. The van der Waals surface area contributed by atoms with Gasteiger partial charge in [-0.05, 0) is 79.3 Å². The number of methoxy groups -OCH3 is 1. The van der Waals surface area contributed by atoms with Gasteiger partial charge in [-0.3, -0.25) is 9.89 Å². The Bertz CT molecular complexity index is 1670. The van der Waals surface area contributed by atoms with Gasteiger partial charge in [0.05, 0.1) is 25.7 Å². The van der Waals surface area contributed by atoms with E-state index in [0.29, 0.717) is 63.4 Å². The molecule has 5 rings (SSSR count). The third-order valence-corrected chi connectivity index (χ3v) is 9.10. The third-order valence-electron chi connectivity index (χ3n) is 9.10. The van der Waals surface area contributed by atoms with E-state index < -0.39 is 5.82 Å². The second-order valence-electron chi connectivity index (χ2n) is 15.0. The van der Waals surface area contributed by atoms with Gasteiger partial charge < -0.3 is 25.0 Å². The van der Waals surface area contributed by atoms with Gasteiger partial charge in [-0.15, -0.1) is 0 Å². The summed E-state index contributed by atoms with van der Waals surface area (Å²) in [7, 11) is 1.62. The summed E-state index contributed by atoms with van der Waals surface area (Å²) in [5, 5.41) is 13.8. The first-order chi connectivity index (χ1) is 22.8. The number of carbonyl (C=O) groups excluding carboxylic acids is 1. The summed E-state index contributed by atoms with van der Waals surface area (Å²) < 4.78 is 25.4. The fraction of sp³-hybridized carbons (Fsp3) is 0.514. The molecule has 4 aromatic rings. The topological polar surface area (TPSA) is 117 Å². The second-order valence-corrected chi connectivity index (χ2v) is 15.0. The number of nitrogens with zero attached hydrogens (tertiary/aromatic N) is 4. The number of nitrogens with one attached hydrogen (secondary N) is 3. The van der Waals surface area contributed by atoms with Crippen LogP contribution in [0.25, 0.3) is 10.9 Å². The van der Waals surface area contributed by atoms with Crippen molar-refractivity contribution < 1.29 is 18.7 Å². The van der Waals surface area contributed by atoms with Crippen LogP contribution in [-0.4, -0.2) is 64.3 Å². The molecule has 0 atom stereocenters. The molecule has 1 aliphatic rings. The zero-order valence-corrected chi connectivity index (χ0v) is 29.3. The van der Waals surface area contributed by atoms with Crippen LogP contribution in [0.15, 0.2) is 48.8 Å². The van der Waals surface area contributed by atoms with Crippen LogP contribution in [0.3, 0.4) is 0 Å². The quantitative estimate of drug-likeness (QED) is 0.133. The molecule has 0 bridgehead atoms. The standard InChI is InChI=1S/C37H50FN7O3/c1-36(2,3)34(37(4,5)6)24-12-15-45(16-13-24)14-9-17-48-31-22-29-28(21-30(31)47-7)35(40-23-39-29)42-32-19-27(43-44-32)20-33(46)41-26-11-8-10-25(38)18-26/h8,10-11,18-19,21-24,34H,9,12-17,20H2,1-7H3,(H,41,46)(H2,39,40,42,43,44). The van der Waals surface area contributed by atoms with Gasteiger partial charge in [-0.1, -0.05) is 47.6 Å². The van der Waals surface area contributed by atoms with Crippen LogP contribution in [0, 0.1) is 28.5 Å². The first-order valence-corrected chi connectivity index (χ1v) is 16.8. The van der Waals surface area contributed by atoms with Crippen molar-refractivity contribution in [3.05, 3.63) is 60.3 Å². The minimum absolute atomic E-state index is 0.0391. The molecule has 0 aliphatic carbocycles. The van der Waals surface area contributed by atoms with Crippen molar-refractivity contribution in [2.24, 2.45) is 22.7 Å². The molecular weight excluding hydrogens is 609 g/mol. The maximum absolute atomic E-state index is 13.4. The Labute approximate surface area is 283 Å². The van der Waals surface area contributed by atoms with Crippen molar-refractivity contribution in [1.82, 2.24) is 25.1 Å². The highest BCUT2D eigenvalue weighted by molar-refractivity contribution is 5.93. The van der Waals surface area contributed by atoms with Crippen molar-refractivity contribution in [2.75, 3.05) is 44.0 Å². The minimum atomic E-state index is -0.416. The first-order valence-electron chi connectivity index (χ1n) is 16.8. The smallest absolute Gasteiger partial charge is 0.230 e. The summed E-state index contributed by atoms with van der Waals surface area (Å²) in [4.78, 5) is 23.9. The molecule has 0 radical (unpaired) electrons. The van der Waals surface area contributed by atoms with Gasteiger partial charge in [0.15, 0.2) is 17.3 Å². The van der Waals surface area contributed by atoms with E-state index in [1.165, 1.54) is 31.3 Å². The molecule has 2 aromatic heterocycles. The number of rotatable bonds is 12. The molecule has 1 saturated heterocycles. The Morgan fingerprint density at radius 2 is 1.79 bits per heavy atom. The lowest BCUT2D eigenvalue weighted by atomic mass is 9.59. The third kappa shape index (κ3) is 9.00. The van der Waals surface area contributed by atoms with Crippen LogP contribution in [0.4, 0.5) is 21.7 Å². The monoisotopic (exact) mass is 659 g/mol. The largest absolute Gasteiger partial charge is 0.493 e. The lowest BCUT2D eigenvalue weighted by molar-refractivity contribution is -0.115. The van der Waals surface area contributed by atoms with E-state index in [0.717, 1.165) is 37.4 Å². The van der Waals surface area contributed by atoms with Crippen molar-refractivity contribution >= 4 is 34.1 Å². The lowest BCUT2D eigenvalue weighted by Gasteiger charge is -2.48. The molecule has 0 spiro atoms. The van der Waals surface area contributed by atoms with Crippen LogP contribution >= 0.6 is 0 Å². The zero-order valence-electron chi connectivity index (χ0n) is 29.3. The summed E-state index contributed by atoms with van der Waals surface area (Å²) in [6.07, 6.45) is 4.94. The van der Waals surface area contributed by atoms with E-state index in [-0.39, 0.29) is 12.3 Å². The molecular formula is C37H50FN7O3. The number of fused-ring (bicyclic) bond motifs is 1. The lowest BCUT2D eigenvalue weighted by Crippen LogP contribution is -2.44. The van der Waals surface area contributed by atoms with Gasteiger partial charge >= 0.3 is 0 Å². The number of ether oxygens (including phenoxy) is 2. The number of hydrogen-bond donors (Lipinski definition) is 3. The van der Waals surface area contributed by atoms with Crippen LogP contribution in [-0.2, 0) is 11.2 Å². The minimum Gasteiger partial charge on any atom is -0.493 e. The summed E-state index contributed by atoms with van der Waals surface area (Å²) in [5.74, 6) is 2.99. The number of amides is 1. The molecule has 1 fully saturated rings. The number of halogens is 1. The molecule has 1 aliphatic heterocycles. The van der Waals surface area contributed by atoms with Crippen LogP contribution in [0.5, 0.6) is 11.5 Å². The van der Waals surface area contributed by atoms with Crippen LogP contribution in [0.1, 0.15) is 66.5 Å². The fourth-order valence-electron chi connectivity index (χ4n) is 7.71. The molecule has 0 unspecified atom stereocenters. The van der Waals surface area contributed by atoms with E-state index in [1.807, 2.05) is 12.1 Å². The van der Waals surface area contributed by atoms with Gasteiger partial charge in [0.2, 0.25) is 5.91 Å². The maximum atomic E-state index is 13.4. The van der Waals surface area contributed by atoms with E-state index in [1.54, 1.807) is 25.3 Å². The molecule has 1 amide bonds. The molecule has 3 N–H and O–H groups in total. The Morgan fingerprint density at radius 1 is 1.04 bits per heavy atom. The van der Waals surface area contributed by atoms with E-state index >= 15 is 0 Å². The van der Waals surface area contributed by atoms with Crippen molar-refractivity contribution in [1.29, 1.82) is 0 Å². The maximum Gasteiger partial charge on any atom is 0.230 e. The van der Waals surface area contributed by atoms with E-state index in [9.17, 15) is 9.18 Å². The summed E-state index contributed by atoms with van der Waals surface area (Å²) in [5.41, 5.74) is 2.27. The molecule has 11 heteroatoms. The zero-order chi connectivity index (χ0) is 34.5. The molecule has 258 valence electrons. The van der Waals surface area contributed by atoms with Crippen molar-refractivity contribution in [3.8, 4) is 11.5 Å². The van der Waals surface area contributed by atoms with Crippen molar-refractivity contribution in [2.45, 2.75) is 67.2 Å². The van der Waals surface area contributed by atoms with Crippen molar-refractivity contribution in [3.63, 3.8) is 0 Å². The molecule has 48 heavy (non-hydrogen) atoms. The summed E-state index contributed by atoms with van der Waals surface area (Å²) in [6.45, 7) is 18.2. The molecule has 0 saturated carbocycles. The first kappa shape index (κ1) is 35.1. The number of piperidine rings is 1. The number of anilines is 3. The predicted molar refractivity (Wildman–Crippen MR) is 188 cm³/mol. The normalized spacial score (nSPS) is 14.8. The number of carbonyl (C=O) groups is 1. The number of aromatic nitrogens is 4.